The first-order chi connectivity index (χ1) is 7.83. The zero-order valence-corrected chi connectivity index (χ0v) is 11.0. The quantitative estimate of drug-likeness (QED) is 0.793. The Labute approximate surface area is 101 Å². The number of rotatable bonds is 3. The molecule has 1 aliphatic carbocycles. The van der Waals surface area contributed by atoms with Gasteiger partial charge in [0, 0.05) is 12.1 Å². The molecule has 2 fully saturated rings. The Morgan fingerprint density at radius 2 is 1.88 bits per heavy atom. The Kier molecular flexibility index (Phi) is 4.66. The topological polar surface area (TPSA) is 15.3 Å². The fourth-order valence-corrected chi connectivity index (χ4v) is 3.48. The molecule has 0 aromatic carbocycles. The zero-order valence-electron chi connectivity index (χ0n) is 11.0. The molecule has 2 unspecified atom stereocenters. The van der Waals surface area contributed by atoms with Gasteiger partial charge in [0.15, 0.2) is 0 Å². The third kappa shape index (κ3) is 2.98. The molecule has 1 saturated carbocycles. The molecule has 0 bridgehead atoms. The molecule has 0 radical (unpaired) electrons. The summed E-state index contributed by atoms with van der Waals surface area (Å²) in [7, 11) is 2.12. The minimum Gasteiger partial charge on any atom is -0.317 e. The van der Waals surface area contributed by atoms with Crippen LogP contribution in [0.5, 0.6) is 0 Å². The van der Waals surface area contributed by atoms with Crippen molar-refractivity contribution in [3.63, 3.8) is 0 Å². The minimum absolute atomic E-state index is 0.780. The molecular formula is C14H28N2. The Morgan fingerprint density at radius 1 is 1.12 bits per heavy atom. The van der Waals surface area contributed by atoms with Crippen molar-refractivity contribution in [1.29, 1.82) is 0 Å². The van der Waals surface area contributed by atoms with E-state index >= 15 is 0 Å². The van der Waals surface area contributed by atoms with Gasteiger partial charge in [0.05, 0.1) is 0 Å². The second-order valence-electron chi connectivity index (χ2n) is 5.69. The molecule has 0 aromatic heterocycles. The van der Waals surface area contributed by atoms with Crippen LogP contribution < -0.4 is 5.32 Å². The average molecular weight is 224 g/mol. The zero-order chi connectivity index (χ0) is 11.4. The predicted octanol–water partition coefficient (Wildman–Crippen LogP) is 2.64. The van der Waals surface area contributed by atoms with Crippen LogP contribution in [0.4, 0.5) is 0 Å². The maximum Gasteiger partial charge on any atom is 0.0110 e. The second kappa shape index (κ2) is 6.02. The summed E-state index contributed by atoms with van der Waals surface area (Å²) in [4.78, 5) is 2.77. The van der Waals surface area contributed by atoms with E-state index in [9.17, 15) is 0 Å². The van der Waals surface area contributed by atoms with Gasteiger partial charge in [0.25, 0.3) is 0 Å². The van der Waals surface area contributed by atoms with Gasteiger partial charge in [0.1, 0.15) is 0 Å². The van der Waals surface area contributed by atoms with Crippen molar-refractivity contribution in [2.75, 3.05) is 20.1 Å². The van der Waals surface area contributed by atoms with Crippen LogP contribution in [0.15, 0.2) is 0 Å². The molecular weight excluding hydrogens is 196 g/mol. The first kappa shape index (κ1) is 12.4. The molecule has 0 amide bonds. The third-order valence-electron chi connectivity index (χ3n) is 4.80. The monoisotopic (exact) mass is 224 g/mol. The Balaban J connectivity index is 1.79. The van der Waals surface area contributed by atoms with Crippen LogP contribution in [0, 0.1) is 5.92 Å². The molecule has 2 rings (SSSR count). The highest BCUT2D eigenvalue weighted by Gasteiger charge is 2.28. The van der Waals surface area contributed by atoms with E-state index in [2.05, 4.69) is 24.2 Å². The van der Waals surface area contributed by atoms with Gasteiger partial charge in [-0.3, -0.25) is 0 Å². The van der Waals surface area contributed by atoms with Crippen LogP contribution in [0.25, 0.3) is 0 Å². The number of piperidine rings is 1. The highest BCUT2D eigenvalue weighted by Crippen LogP contribution is 2.28. The van der Waals surface area contributed by atoms with Crippen molar-refractivity contribution < 1.29 is 0 Å². The van der Waals surface area contributed by atoms with Gasteiger partial charge < -0.3 is 10.2 Å². The van der Waals surface area contributed by atoms with E-state index in [1.165, 1.54) is 58.0 Å². The maximum absolute atomic E-state index is 3.47. The van der Waals surface area contributed by atoms with E-state index in [1.807, 2.05) is 0 Å². The van der Waals surface area contributed by atoms with Crippen molar-refractivity contribution in [2.24, 2.45) is 5.92 Å². The first-order valence-electron chi connectivity index (χ1n) is 7.24. The molecule has 94 valence electrons. The van der Waals surface area contributed by atoms with Gasteiger partial charge in [-0.15, -0.1) is 0 Å². The van der Waals surface area contributed by atoms with Crippen molar-refractivity contribution in [3.8, 4) is 0 Å². The molecule has 0 spiro atoms. The van der Waals surface area contributed by atoms with Crippen LogP contribution in [0.1, 0.15) is 51.9 Å². The molecule has 1 heterocycles. The Hall–Kier alpha value is -0.0800. The van der Waals surface area contributed by atoms with Gasteiger partial charge in [-0.05, 0) is 58.2 Å². The highest BCUT2D eigenvalue weighted by atomic mass is 15.2. The van der Waals surface area contributed by atoms with Crippen LogP contribution in [-0.4, -0.2) is 37.1 Å². The fourth-order valence-electron chi connectivity index (χ4n) is 3.48. The molecule has 16 heavy (non-hydrogen) atoms. The lowest BCUT2D eigenvalue weighted by Gasteiger charge is -2.41. The molecule has 0 aromatic rings. The molecule has 1 saturated heterocycles. The van der Waals surface area contributed by atoms with Gasteiger partial charge in [-0.25, -0.2) is 0 Å². The Bertz CT molecular complexity index is 197. The minimum atomic E-state index is 0.780. The van der Waals surface area contributed by atoms with Gasteiger partial charge in [-0.2, -0.15) is 0 Å². The summed E-state index contributed by atoms with van der Waals surface area (Å²) in [6.45, 7) is 5.07. The van der Waals surface area contributed by atoms with Crippen molar-refractivity contribution in [1.82, 2.24) is 10.2 Å². The lowest BCUT2D eigenvalue weighted by molar-refractivity contribution is 0.0965. The van der Waals surface area contributed by atoms with Crippen LogP contribution in [-0.2, 0) is 0 Å². The highest BCUT2D eigenvalue weighted by molar-refractivity contribution is 4.85. The first-order valence-corrected chi connectivity index (χ1v) is 7.24. The summed E-state index contributed by atoms with van der Waals surface area (Å²) in [5, 5.41) is 3.47. The van der Waals surface area contributed by atoms with E-state index < -0.39 is 0 Å². The van der Waals surface area contributed by atoms with Crippen molar-refractivity contribution >= 4 is 0 Å². The summed E-state index contributed by atoms with van der Waals surface area (Å²) in [5.74, 6) is 1.01. The fraction of sp³-hybridized carbons (Fsp3) is 1.00. The SMILES string of the molecule is CCC1CCN(C2CCCC(NC)C2)CC1. The molecule has 1 aliphatic heterocycles. The van der Waals surface area contributed by atoms with Gasteiger partial charge >= 0.3 is 0 Å². The number of nitrogens with zero attached hydrogens (tertiary/aromatic N) is 1. The van der Waals surface area contributed by atoms with E-state index in [4.69, 9.17) is 0 Å². The van der Waals surface area contributed by atoms with E-state index in [-0.39, 0.29) is 0 Å². The summed E-state index contributed by atoms with van der Waals surface area (Å²) >= 11 is 0. The molecule has 2 nitrogen and oxygen atoms in total. The summed E-state index contributed by atoms with van der Waals surface area (Å²) < 4.78 is 0. The standard InChI is InChI=1S/C14H28N2/c1-3-12-7-9-16(10-8-12)14-6-4-5-13(11-14)15-2/h12-15H,3-11H2,1-2H3. The number of nitrogens with one attached hydrogen (secondary N) is 1. The lowest BCUT2D eigenvalue weighted by atomic mass is 9.87. The average Bonchev–Trinajstić information content (AvgIpc) is 2.39. The van der Waals surface area contributed by atoms with Crippen LogP contribution in [0.2, 0.25) is 0 Å². The van der Waals surface area contributed by atoms with E-state index in [1.54, 1.807) is 0 Å². The van der Waals surface area contributed by atoms with E-state index in [0.29, 0.717) is 0 Å². The lowest BCUT2D eigenvalue weighted by Crippen LogP contribution is -2.46. The second-order valence-corrected chi connectivity index (χ2v) is 5.69. The number of likely N-dealkylation sites (tertiary alicyclic amines) is 1. The molecule has 1 N–H and O–H groups in total. The van der Waals surface area contributed by atoms with Crippen molar-refractivity contribution in [2.45, 2.75) is 64.0 Å². The summed E-state index contributed by atoms with van der Waals surface area (Å²) in [6, 6.07) is 1.66. The predicted molar refractivity (Wildman–Crippen MR) is 69.7 cm³/mol. The van der Waals surface area contributed by atoms with Crippen LogP contribution in [0.3, 0.4) is 0 Å². The normalized spacial score (nSPS) is 34.1. The van der Waals surface area contributed by atoms with Crippen LogP contribution >= 0.6 is 0 Å². The molecule has 2 atom stereocenters. The van der Waals surface area contributed by atoms with Crippen molar-refractivity contribution in [3.05, 3.63) is 0 Å². The number of hydrogen-bond acceptors (Lipinski definition) is 2. The van der Waals surface area contributed by atoms with Gasteiger partial charge in [-0.1, -0.05) is 19.8 Å². The molecule has 2 heteroatoms. The maximum atomic E-state index is 3.47. The summed E-state index contributed by atoms with van der Waals surface area (Å²) in [6.07, 6.45) is 9.90. The summed E-state index contributed by atoms with van der Waals surface area (Å²) in [5.41, 5.74) is 0. The largest absolute Gasteiger partial charge is 0.317 e. The smallest absolute Gasteiger partial charge is 0.0110 e. The third-order valence-corrected chi connectivity index (χ3v) is 4.80. The molecule has 2 aliphatic rings. The van der Waals surface area contributed by atoms with E-state index in [0.717, 1.165) is 18.0 Å². The number of hydrogen-bond donors (Lipinski definition) is 1. The Morgan fingerprint density at radius 3 is 2.50 bits per heavy atom. The van der Waals surface area contributed by atoms with Gasteiger partial charge in [0.2, 0.25) is 0 Å².